The maximum absolute atomic E-state index is 12.5. The zero-order chi connectivity index (χ0) is 14.4. The molecule has 1 unspecified atom stereocenters. The zero-order valence-corrected chi connectivity index (χ0v) is 12.2. The van der Waals surface area contributed by atoms with Crippen LogP contribution in [0.4, 0.5) is 0 Å². The van der Waals surface area contributed by atoms with E-state index >= 15 is 0 Å². The highest BCUT2D eigenvalue weighted by Gasteiger charge is 2.39. The van der Waals surface area contributed by atoms with Gasteiger partial charge < -0.3 is 4.90 Å². The molecule has 1 aliphatic carbocycles. The van der Waals surface area contributed by atoms with Gasteiger partial charge in [-0.25, -0.2) is 0 Å². The van der Waals surface area contributed by atoms with Gasteiger partial charge in [0.25, 0.3) is 0 Å². The van der Waals surface area contributed by atoms with Crippen molar-refractivity contribution in [3.05, 3.63) is 53.3 Å². The maximum Gasteiger partial charge on any atom is 0.230 e. The summed E-state index contributed by atoms with van der Waals surface area (Å²) in [6.45, 7) is 1.79. The van der Waals surface area contributed by atoms with Crippen molar-refractivity contribution in [2.24, 2.45) is 13.0 Å². The lowest BCUT2D eigenvalue weighted by Gasteiger charge is -2.43. The van der Waals surface area contributed by atoms with Crippen LogP contribution in [-0.4, -0.2) is 33.7 Å². The molecule has 1 fully saturated rings. The van der Waals surface area contributed by atoms with Crippen molar-refractivity contribution in [1.82, 2.24) is 14.7 Å². The monoisotopic (exact) mass is 281 g/mol. The van der Waals surface area contributed by atoms with E-state index in [1.807, 2.05) is 35.0 Å². The van der Waals surface area contributed by atoms with Gasteiger partial charge in [0.2, 0.25) is 5.91 Å². The first-order valence-electron chi connectivity index (χ1n) is 7.55. The van der Waals surface area contributed by atoms with Crippen LogP contribution in [-0.2, 0) is 24.7 Å². The van der Waals surface area contributed by atoms with Crippen molar-refractivity contribution in [3.63, 3.8) is 0 Å². The first kappa shape index (κ1) is 12.6. The molecule has 108 valence electrons. The van der Waals surface area contributed by atoms with E-state index in [1.54, 1.807) is 0 Å². The van der Waals surface area contributed by atoms with Gasteiger partial charge in [0, 0.05) is 26.3 Å². The number of carbonyl (C=O) groups is 1. The van der Waals surface area contributed by atoms with Gasteiger partial charge in [0.1, 0.15) is 0 Å². The molecule has 1 atom stereocenters. The summed E-state index contributed by atoms with van der Waals surface area (Å²) in [4.78, 5) is 14.5. The Labute approximate surface area is 124 Å². The summed E-state index contributed by atoms with van der Waals surface area (Å²) in [6.07, 6.45) is 5.93. The second-order valence-corrected chi connectivity index (χ2v) is 6.29. The summed E-state index contributed by atoms with van der Waals surface area (Å²) >= 11 is 0. The Morgan fingerprint density at radius 2 is 2.14 bits per heavy atom. The minimum absolute atomic E-state index is 0.112. The molecular formula is C17H19N3O. The highest BCUT2D eigenvalue weighted by atomic mass is 16.2. The molecule has 1 saturated heterocycles. The number of amides is 1. The molecule has 0 spiro atoms. The summed E-state index contributed by atoms with van der Waals surface area (Å²) < 4.78 is 1.84. The molecule has 2 aromatic rings. The van der Waals surface area contributed by atoms with Crippen LogP contribution in [0, 0.1) is 5.92 Å². The third-order valence-corrected chi connectivity index (χ3v) is 4.70. The first-order valence-corrected chi connectivity index (χ1v) is 7.55. The molecule has 21 heavy (non-hydrogen) atoms. The third-order valence-electron chi connectivity index (χ3n) is 4.70. The molecular weight excluding hydrogens is 262 g/mol. The topological polar surface area (TPSA) is 38.1 Å². The van der Waals surface area contributed by atoms with Crippen molar-refractivity contribution < 1.29 is 4.79 Å². The number of aromatic nitrogens is 2. The highest BCUT2D eigenvalue weighted by molar-refractivity contribution is 5.87. The van der Waals surface area contributed by atoms with Crippen LogP contribution in [0.15, 0.2) is 36.7 Å². The predicted molar refractivity (Wildman–Crippen MR) is 79.9 cm³/mol. The molecule has 1 aliphatic heterocycles. The fourth-order valence-electron chi connectivity index (χ4n) is 3.49. The number of nitrogens with zero attached hydrogens (tertiary/aromatic N) is 3. The smallest absolute Gasteiger partial charge is 0.230 e. The Balaban J connectivity index is 1.33. The predicted octanol–water partition coefficient (Wildman–Crippen LogP) is 1.76. The second kappa shape index (κ2) is 4.72. The molecule has 2 heterocycles. The van der Waals surface area contributed by atoms with Crippen LogP contribution >= 0.6 is 0 Å². The van der Waals surface area contributed by atoms with E-state index in [2.05, 4.69) is 23.4 Å². The van der Waals surface area contributed by atoms with Gasteiger partial charge in [0.15, 0.2) is 0 Å². The van der Waals surface area contributed by atoms with Crippen molar-refractivity contribution in [2.45, 2.75) is 18.8 Å². The zero-order valence-electron chi connectivity index (χ0n) is 12.2. The minimum Gasteiger partial charge on any atom is -0.341 e. The first-order chi connectivity index (χ1) is 10.2. The van der Waals surface area contributed by atoms with Crippen molar-refractivity contribution in [1.29, 1.82) is 0 Å². The van der Waals surface area contributed by atoms with Gasteiger partial charge in [-0.2, -0.15) is 5.10 Å². The summed E-state index contributed by atoms with van der Waals surface area (Å²) in [5.41, 5.74) is 3.84. The van der Waals surface area contributed by atoms with Gasteiger partial charge >= 0.3 is 0 Å². The fraction of sp³-hybridized carbons (Fsp3) is 0.412. The van der Waals surface area contributed by atoms with Crippen LogP contribution in [0.3, 0.4) is 0 Å². The molecule has 2 aliphatic rings. The summed E-state index contributed by atoms with van der Waals surface area (Å²) in [7, 11) is 1.94. The fourth-order valence-corrected chi connectivity index (χ4v) is 3.49. The standard InChI is InChI=1S/C17H19N3O/c1-19-9-12(8-18-19)6-13-10-20(11-13)17(21)16-7-14-4-2-3-5-15(14)16/h2-5,8-9,13,16H,6-7,10-11H2,1H3. The molecule has 4 rings (SSSR count). The molecule has 4 heteroatoms. The molecule has 0 saturated carbocycles. The number of carbonyl (C=O) groups excluding carboxylic acids is 1. The lowest BCUT2D eigenvalue weighted by Crippen LogP contribution is -2.53. The van der Waals surface area contributed by atoms with Crippen molar-refractivity contribution in [2.75, 3.05) is 13.1 Å². The van der Waals surface area contributed by atoms with Gasteiger partial charge in [-0.3, -0.25) is 9.48 Å². The Kier molecular flexibility index (Phi) is 2.84. The lowest BCUT2D eigenvalue weighted by molar-refractivity contribution is -0.139. The van der Waals surface area contributed by atoms with Crippen LogP contribution in [0.5, 0.6) is 0 Å². The quantitative estimate of drug-likeness (QED) is 0.860. The second-order valence-electron chi connectivity index (χ2n) is 6.29. The minimum atomic E-state index is 0.112. The Hall–Kier alpha value is -2.10. The number of aryl methyl sites for hydroxylation is 1. The normalized spacial score (nSPS) is 20.6. The highest BCUT2D eigenvalue weighted by Crippen LogP contribution is 2.37. The molecule has 1 amide bonds. The summed E-state index contributed by atoms with van der Waals surface area (Å²) in [5.74, 6) is 1.02. The Morgan fingerprint density at radius 1 is 1.33 bits per heavy atom. The molecule has 1 aromatic heterocycles. The number of likely N-dealkylation sites (tertiary alicyclic amines) is 1. The van der Waals surface area contributed by atoms with E-state index < -0.39 is 0 Å². The molecule has 4 nitrogen and oxygen atoms in total. The Bertz CT molecular complexity index is 685. The number of fused-ring (bicyclic) bond motifs is 1. The van der Waals surface area contributed by atoms with Gasteiger partial charge in [-0.1, -0.05) is 24.3 Å². The summed E-state index contributed by atoms with van der Waals surface area (Å²) in [5, 5.41) is 4.19. The molecule has 1 aromatic carbocycles. The third kappa shape index (κ3) is 2.15. The van der Waals surface area contributed by atoms with E-state index in [1.165, 1.54) is 16.7 Å². The Morgan fingerprint density at radius 3 is 2.86 bits per heavy atom. The van der Waals surface area contributed by atoms with E-state index in [-0.39, 0.29) is 5.92 Å². The van der Waals surface area contributed by atoms with Crippen LogP contribution in [0.2, 0.25) is 0 Å². The number of rotatable bonds is 3. The van der Waals surface area contributed by atoms with Crippen LogP contribution in [0.25, 0.3) is 0 Å². The number of hydrogen-bond acceptors (Lipinski definition) is 2. The van der Waals surface area contributed by atoms with E-state index in [4.69, 9.17) is 0 Å². The summed E-state index contributed by atoms with van der Waals surface area (Å²) in [6, 6.07) is 8.29. The van der Waals surface area contributed by atoms with E-state index in [9.17, 15) is 4.79 Å². The lowest BCUT2D eigenvalue weighted by atomic mass is 9.76. The average Bonchev–Trinajstić information content (AvgIpc) is 2.80. The number of benzene rings is 1. The molecule has 0 bridgehead atoms. The van der Waals surface area contributed by atoms with Crippen LogP contribution in [0.1, 0.15) is 22.6 Å². The van der Waals surface area contributed by atoms with Crippen molar-refractivity contribution >= 4 is 5.91 Å². The van der Waals surface area contributed by atoms with E-state index in [0.717, 1.165) is 25.9 Å². The van der Waals surface area contributed by atoms with Crippen LogP contribution < -0.4 is 0 Å². The average molecular weight is 281 g/mol. The molecule has 0 radical (unpaired) electrons. The van der Waals surface area contributed by atoms with Gasteiger partial charge in [0.05, 0.1) is 12.1 Å². The van der Waals surface area contributed by atoms with Gasteiger partial charge in [-0.15, -0.1) is 0 Å². The number of hydrogen-bond donors (Lipinski definition) is 0. The maximum atomic E-state index is 12.5. The van der Waals surface area contributed by atoms with Gasteiger partial charge in [-0.05, 0) is 35.4 Å². The largest absolute Gasteiger partial charge is 0.341 e. The van der Waals surface area contributed by atoms with E-state index in [0.29, 0.717) is 11.8 Å². The van der Waals surface area contributed by atoms with Crippen molar-refractivity contribution in [3.8, 4) is 0 Å². The molecule has 0 N–H and O–H groups in total. The SMILES string of the molecule is Cn1cc(CC2CN(C(=O)C3Cc4ccccc43)C2)cn1.